The van der Waals surface area contributed by atoms with Crippen molar-refractivity contribution in [1.29, 1.82) is 5.26 Å². The van der Waals surface area contributed by atoms with E-state index in [1.54, 1.807) is 24.3 Å². The zero-order valence-electron chi connectivity index (χ0n) is 11.3. The van der Waals surface area contributed by atoms with Crippen molar-refractivity contribution in [1.82, 2.24) is 4.31 Å². The number of benzene rings is 1. The topological polar surface area (TPSA) is 95.3 Å². The summed E-state index contributed by atoms with van der Waals surface area (Å²) in [5.74, 6) is -0.556. The minimum Gasteiger partial charge on any atom is -0.229 e. The van der Waals surface area contributed by atoms with Crippen LogP contribution >= 0.6 is 0 Å². The van der Waals surface area contributed by atoms with Gasteiger partial charge >= 0.3 is 0 Å². The maximum atomic E-state index is 12.1. The Morgan fingerprint density at radius 1 is 1.20 bits per heavy atom. The molecule has 0 unspecified atom stereocenters. The van der Waals surface area contributed by atoms with Crippen LogP contribution in [0.4, 0.5) is 0 Å². The molecule has 0 aromatic heterocycles. The molecular weight excluding hydrogens is 300 g/mol. The molecular formula is C12H16N2O4S2. The third kappa shape index (κ3) is 4.92. The lowest BCUT2D eigenvalue weighted by Gasteiger charge is -2.17. The van der Waals surface area contributed by atoms with E-state index in [-0.39, 0.29) is 18.1 Å². The molecule has 0 N–H and O–H groups in total. The average Bonchev–Trinajstić information content (AvgIpc) is 2.35. The van der Waals surface area contributed by atoms with Crippen molar-refractivity contribution in [3.05, 3.63) is 35.4 Å². The van der Waals surface area contributed by atoms with Crippen molar-refractivity contribution in [2.24, 2.45) is 0 Å². The van der Waals surface area contributed by atoms with Gasteiger partial charge < -0.3 is 0 Å². The van der Waals surface area contributed by atoms with E-state index >= 15 is 0 Å². The maximum absolute atomic E-state index is 12.1. The van der Waals surface area contributed by atoms with Crippen molar-refractivity contribution < 1.29 is 16.8 Å². The van der Waals surface area contributed by atoms with E-state index in [1.165, 1.54) is 7.05 Å². The highest BCUT2D eigenvalue weighted by molar-refractivity contribution is 7.90. The number of hydrogen-bond donors (Lipinski definition) is 0. The van der Waals surface area contributed by atoms with Gasteiger partial charge in [0.25, 0.3) is 0 Å². The van der Waals surface area contributed by atoms with Crippen molar-refractivity contribution in [3.63, 3.8) is 0 Å². The number of sulfonamides is 1. The van der Waals surface area contributed by atoms with Crippen LogP contribution in [0.15, 0.2) is 24.3 Å². The standard InChI is InChI=1S/C12H16N2O4S2/c1-14(7-8-19(2,15)16)20(17,18)10-12-6-4-3-5-11(12)9-13/h3-6H,7-8,10H2,1-2H3. The van der Waals surface area contributed by atoms with E-state index in [2.05, 4.69) is 0 Å². The largest absolute Gasteiger partial charge is 0.229 e. The lowest BCUT2D eigenvalue weighted by Crippen LogP contribution is -2.32. The normalized spacial score (nSPS) is 12.3. The van der Waals surface area contributed by atoms with Gasteiger partial charge in [0.05, 0.1) is 23.1 Å². The lowest BCUT2D eigenvalue weighted by molar-refractivity contribution is 0.484. The molecule has 110 valence electrons. The van der Waals surface area contributed by atoms with Crippen LogP contribution < -0.4 is 0 Å². The van der Waals surface area contributed by atoms with Crippen LogP contribution in [0.2, 0.25) is 0 Å². The molecule has 0 aliphatic carbocycles. The molecule has 1 aromatic carbocycles. The molecule has 20 heavy (non-hydrogen) atoms. The zero-order chi connectivity index (χ0) is 15.4. The van der Waals surface area contributed by atoms with Crippen LogP contribution in [0.3, 0.4) is 0 Å². The van der Waals surface area contributed by atoms with Crippen molar-refractivity contribution in [2.45, 2.75) is 5.75 Å². The Bertz CT molecular complexity index is 718. The van der Waals surface area contributed by atoms with E-state index in [0.717, 1.165) is 10.6 Å². The second-order valence-electron chi connectivity index (χ2n) is 4.48. The fourth-order valence-corrected chi connectivity index (χ4v) is 3.45. The molecule has 0 amide bonds. The molecule has 0 saturated carbocycles. The van der Waals surface area contributed by atoms with Crippen molar-refractivity contribution >= 4 is 19.9 Å². The number of sulfone groups is 1. The summed E-state index contributed by atoms with van der Waals surface area (Å²) in [5.41, 5.74) is 0.703. The van der Waals surface area contributed by atoms with Crippen LogP contribution in [-0.4, -0.2) is 46.7 Å². The van der Waals surface area contributed by atoms with Crippen molar-refractivity contribution in [3.8, 4) is 6.07 Å². The number of nitriles is 1. The quantitative estimate of drug-likeness (QED) is 0.755. The highest BCUT2D eigenvalue weighted by Gasteiger charge is 2.21. The van der Waals surface area contributed by atoms with Gasteiger partial charge in [-0.05, 0) is 11.6 Å². The van der Waals surface area contributed by atoms with Crippen LogP contribution in [0.1, 0.15) is 11.1 Å². The number of nitrogens with zero attached hydrogens (tertiary/aromatic N) is 2. The van der Waals surface area contributed by atoms with Gasteiger partial charge in [0, 0.05) is 19.8 Å². The Morgan fingerprint density at radius 3 is 2.35 bits per heavy atom. The first-order valence-corrected chi connectivity index (χ1v) is 9.42. The summed E-state index contributed by atoms with van der Waals surface area (Å²) >= 11 is 0. The SMILES string of the molecule is CN(CCS(C)(=O)=O)S(=O)(=O)Cc1ccccc1C#N. The first-order chi connectivity index (χ1) is 9.15. The highest BCUT2D eigenvalue weighted by atomic mass is 32.2. The highest BCUT2D eigenvalue weighted by Crippen LogP contribution is 2.13. The van der Waals surface area contributed by atoms with E-state index in [4.69, 9.17) is 5.26 Å². The van der Waals surface area contributed by atoms with Gasteiger partial charge in [-0.15, -0.1) is 0 Å². The third-order valence-corrected chi connectivity index (χ3v) is 5.46. The minimum atomic E-state index is -3.65. The summed E-state index contributed by atoms with van der Waals surface area (Å²) in [6.45, 7) is -0.101. The van der Waals surface area contributed by atoms with Gasteiger partial charge in [0.2, 0.25) is 10.0 Å². The summed E-state index contributed by atoms with van der Waals surface area (Å²) in [5, 5.41) is 8.93. The third-order valence-electron chi connectivity index (χ3n) is 2.73. The molecule has 1 rings (SSSR count). The Kier molecular flexibility index (Phi) is 5.28. The Balaban J connectivity index is 2.87. The van der Waals surface area contributed by atoms with E-state index < -0.39 is 19.9 Å². The second kappa shape index (κ2) is 6.35. The predicted molar refractivity (Wildman–Crippen MR) is 76.1 cm³/mol. The van der Waals surface area contributed by atoms with Gasteiger partial charge in [-0.25, -0.2) is 21.1 Å². The van der Waals surface area contributed by atoms with Crippen LogP contribution in [0, 0.1) is 11.3 Å². The molecule has 0 atom stereocenters. The molecule has 0 spiro atoms. The molecule has 0 aliphatic heterocycles. The maximum Gasteiger partial charge on any atom is 0.218 e. The molecule has 0 saturated heterocycles. The molecule has 0 aliphatic rings. The van der Waals surface area contributed by atoms with Crippen LogP contribution in [-0.2, 0) is 25.6 Å². The minimum absolute atomic E-state index is 0.101. The van der Waals surface area contributed by atoms with Crippen LogP contribution in [0.5, 0.6) is 0 Å². The summed E-state index contributed by atoms with van der Waals surface area (Å²) < 4.78 is 47.3. The molecule has 8 heteroatoms. The summed E-state index contributed by atoms with van der Waals surface area (Å²) in [7, 11) is -5.55. The molecule has 6 nitrogen and oxygen atoms in total. The number of rotatable bonds is 6. The number of hydrogen-bond acceptors (Lipinski definition) is 5. The molecule has 0 radical (unpaired) electrons. The Morgan fingerprint density at radius 2 is 1.80 bits per heavy atom. The van der Waals surface area contributed by atoms with Gasteiger partial charge in [-0.3, -0.25) is 0 Å². The van der Waals surface area contributed by atoms with Crippen molar-refractivity contribution in [2.75, 3.05) is 25.6 Å². The molecule has 0 fully saturated rings. The van der Waals surface area contributed by atoms with Crippen LogP contribution in [0.25, 0.3) is 0 Å². The molecule has 1 aromatic rings. The fourth-order valence-electron chi connectivity index (χ4n) is 1.50. The Labute approximate surface area is 119 Å². The zero-order valence-corrected chi connectivity index (χ0v) is 12.9. The van der Waals surface area contributed by atoms with E-state index in [1.807, 2.05) is 6.07 Å². The van der Waals surface area contributed by atoms with Gasteiger partial charge in [0.15, 0.2) is 0 Å². The smallest absolute Gasteiger partial charge is 0.218 e. The lowest BCUT2D eigenvalue weighted by atomic mass is 10.1. The second-order valence-corrected chi connectivity index (χ2v) is 8.81. The monoisotopic (exact) mass is 316 g/mol. The van der Waals surface area contributed by atoms with E-state index in [9.17, 15) is 16.8 Å². The summed E-state index contributed by atoms with van der Waals surface area (Å²) in [4.78, 5) is 0. The van der Waals surface area contributed by atoms with Gasteiger partial charge in [-0.2, -0.15) is 5.26 Å². The first kappa shape index (κ1) is 16.6. The molecule has 0 heterocycles. The summed E-state index contributed by atoms with van der Waals surface area (Å²) in [6, 6.07) is 8.36. The van der Waals surface area contributed by atoms with Gasteiger partial charge in [0.1, 0.15) is 9.84 Å². The Hall–Kier alpha value is -1.43. The predicted octanol–water partition coefficient (Wildman–Crippen LogP) is 0.364. The van der Waals surface area contributed by atoms with Gasteiger partial charge in [-0.1, -0.05) is 18.2 Å². The summed E-state index contributed by atoms with van der Waals surface area (Å²) in [6.07, 6.45) is 1.05. The average molecular weight is 316 g/mol. The van der Waals surface area contributed by atoms with E-state index in [0.29, 0.717) is 11.1 Å². The fraction of sp³-hybridized carbons (Fsp3) is 0.417. The molecule has 0 bridgehead atoms. The first-order valence-electron chi connectivity index (χ1n) is 5.75.